The third-order valence-electron chi connectivity index (χ3n) is 7.73. The Hall–Kier alpha value is -3.19. The standard InChI is InChI=1S/C29H25BN2O2S/c1-28(2)29(3,4)34-30(33-28)18-13-14-24-21(15-18)19-9-5-7-11-23(19)32(24)25-17-31-16-22-20-10-6-8-12-26(20)35-27(22)25/h5-17H,1-4H3. The molecule has 1 fully saturated rings. The molecular formula is C29H25BN2O2S. The lowest BCUT2D eigenvalue weighted by molar-refractivity contribution is 0.00578. The van der Waals surface area contributed by atoms with Crippen molar-refractivity contribution in [1.29, 1.82) is 0 Å². The zero-order valence-corrected chi connectivity index (χ0v) is 21.0. The van der Waals surface area contributed by atoms with Crippen LogP contribution in [0.3, 0.4) is 0 Å². The molecule has 0 bridgehead atoms. The van der Waals surface area contributed by atoms with Gasteiger partial charge in [-0.2, -0.15) is 0 Å². The van der Waals surface area contributed by atoms with Crippen molar-refractivity contribution >= 4 is 65.9 Å². The van der Waals surface area contributed by atoms with Gasteiger partial charge >= 0.3 is 7.12 Å². The van der Waals surface area contributed by atoms with Crippen molar-refractivity contribution < 1.29 is 9.31 Å². The Kier molecular flexibility index (Phi) is 4.33. The number of nitrogens with zero attached hydrogens (tertiary/aromatic N) is 2. The molecule has 0 N–H and O–H groups in total. The zero-order chi connectivity index (χ0) is 23.9. The summed E-state index contributed by atoms with van der Waals surface area (Å²) in [5.41, 5.74) is 3.72. The molecule has 0 unspecified atom stereocenters. The first-order valence-electron chi connectivity index (χ1n) is 12.0. The van der Waals surface area contributed by atoms with Gasteiger partial charge in [-0.25, -0.2) is 0 Å². The first-order valence-corrected chi connectivity index (χ1v) is 12.8. The number of hydrogen-bond acceptors (Lipinski definition) is 4. The van der Waals surface area contributed by atoms with E-state index in [1.54, 1.807) is 0 Å². The molecule has 4 heterocycles. The zero-order valence-electron chi connectivity index (χ0n) is 20.2. The van der Waals surface area contributed by atoms with Gasteiger partial charge in [0.25, 0.3) is 0 Å². The fourth-order valence-corrected chi connectivity index (χ4v) is 6.34. The molecule has 1 saturated heterocycles. The van der Waals surface area contributed by atoms with Crippen LogP contribution >= 0.6 is 11.3 Å². The summed E-state index contributed by atoms with van der Waals surface area (Å²) in [4.78, 5) is 4.66. The van der Waals surface area contributed by atoms with E-state index in [-0.39, 0.29) is 18.3 Å². The molecule has 1 aliphatic heterocycles. The number of thiophene rings is 1. The summed E-state index contributed by atoms with van der Waals surface area (Å²) in [6.45, 7) is 8.37. The molecule has 35 heavy (non-hydrogen) atoms. The fourth-order valence-electron chi connectivity index (χ4n) is 5.16. The van der Waals surface area contributed by atoms with Gasteiger partial charge < -0.3 is 13.9 Å². The van der Waals surface area contributed by atoms with E-state index in [0.717, 1.165) is 16.7 Å². The fraction of sp³-hybridized carbons (Fsp3) is 0.207. The topological polar surface area (TPSA) is 36.3 Å². The van der Waals surface area contributed by atoms with E-state index in [2.05, 4.69) is 104 Å². The van der Waals surface area contributed by atoms with Gasteiger partial charge in [-0.15, -0.1) is 11.3 Å². The lowest BCUT2D eigenvalue weighted by Crippen LogP contribution is -2.41. The van der Waals surface area contributed by atoms with Crippen LogP contribution in [0.1, 0.15) is 27.7 Å². The smallest absolute Gasteiger partial charge is 0.399 e. The molecule has 0 radical (unpaired) electrons. The summed E-state index contributed by atoms with van der Waals surface area (Å²) < 4.78 is 17.6. The number of aromatic nitrogens is 2. The molecule has 172 valence electrons. The van der Waals surface area contributed by atoms with Crippen LogP contribution in [-0.2, 0) is 9.31 Å². The van der Waals surface area contributed by atoms with Crippen molar-refractivity contribution in [2.45, 2.75) is 38.9 Å². The maximum absolute atomic E-state index is 6.36. The highest BCUT2D eigenvalue weighted by atomic mass is 32.1. The largest absolute Gasteiger partial charge is 0.494 e. The van der Waals surface area contributed by atoms with Crippen LogP contribution in [0.2, 0.25) is 0 Å². The number of fused-ring (bicyclic) bond motifs is 6. The molecule has 4 nitrogen and oxygen atoms in total. The van der Waals surface area contributed by atoms with Crippen LogP contribution in [-0.4, -0.2) is 27.9 Å². The maximum Gasteiger partial charge on any atom is 0.494 e. The predicted octanol–water partition coefficient (Wildman–Crippen LogP) is 6.85. The van der Waals surface area contributed by atoms with E-state index in [1.165, 1.54) is 36.5 Å². The number of benzene rings is 3. The van der Waals surface area contributed by atoms with E-state index < -0.39 is 0 Å². The third kappa shape index (κ3) is 2.97. The van der Waals surface area contributed by atoms with Gasteiger partial charge in [0, 0.05) is 32.4 Å². The Morgan fingerprint density at radius 1 is 0.743 bits per heavy atom. The number of hydrogen-bond donors (Lipinski definition) is 0. The molecule has 0 spiro atoms. The molecule has 6 aromatic rings. The van der Waals surface area contributed by atoms with Crippen LogP contribution < -0.4 is 5.46 Å². The lowest BCUT2D eigenvalue weighted by Gasteiger charge is -2.32. The third-order valence-corrected chi connectivity index (χ3v) is 8.94. The molecule has 1 aliphatic rings. The lowest BCUT2D eigenvalue weighted by atomic mass is 9.78. The molecule has 3 aromatic heterocycles. The van der Waals surface area contributed by atoms with Gasteiger partial charge in [-0.05, 0) is 51.4 Å². The van der Waals surface area contributed by atoms with Crippen LogP contribution in [0, 0.1) is 0 Å². The van der Waals surface area contributed by atoms with Gasteiger partial charge in [0.15, 0.2) is 0 Å². The highest BCUT2D eigenvalue weighted by molar-refractivity contribution is 7.26. The second kappa shape index (κ2) is 7.17. The Balaban J connectivity index is 1.48. The number of para-hydroxylation sites is 1. The Labute approximate surface area is 208 Å². The Morgan fingerprint density at radius 2 is 1.43 bits per heavy atom. The molecular weight excluding hydrogens is 451 g/mol. The molecule has 6 heteroatoms. The van der Waals surface area contributed by atoms with Gasteiger partial charge in [-0.3, -0.25) is 4.98 Å². The van der Waals surface area contributed by atoms with Crippen molar-refractivity contribution in [3.63, 3.8) is 0 Å². The summed E-state index contributed by atoms with van der Waals surface area (Å²) in [5.74, 6) is 0. The van der Waals surface area contributed by atoms with Crippen molar-refractivity contribution in [3.8, 4) is 5.69 Å². The summed E-state index contributed by atoms with van der Waals surface area (Å²) in [6, 6.07) is 23.7. The Bertz CT molecular complexity index is 1770. The Morgan fingerprint density at radius 3 is 2.23 bits per heavy atom. The van der Waals surface area contributed by atoms with E-state index >= 15 is 0 Å². The average molecular weight is 476 g/mol. The van der Waals surface area contributed by atoms with Crippen LogP contribution in [0.25, 0.3) is 47.7 Å². The van der Waals surface area contributed by atoms with Crippen molar-refractivity contribution in [2.24, 2.45) is 0 Å². The number of rotatable bonds is 2. The molecule has 3 aromatic carbocycles. The van der Waals surface area contributed by atoms with Crippen molar-refractivity contribution in [1.82, 2.24) is 9.55 Å². The van der Waals surface area contributed by atoms with E-state index in [1.807, 2.05) is 23.7 Å². The first kappa shape index (κ1) is 21.1. The molecule has 7 rings (SSSR count). The SMILES string of the molecule is CC1(C)OB(c2ccc3c(c2)c2ccccc2n3-c2cncc3c2sc2ccccc23)OC1(C)C. The van der Waals surface area contributed by atoms with E-state index in [4.69, 9.17) is 9.31 Å². The van der Waals surface area contributed by atoms with E-state index in [0.29, 0.717) is 0 Å². The molecule has 0 amide bonds. The van der Waals surface area contributed by atoms with Crippen LogP contribution in [0.15, 0.2) is 79.1 Å². The molecule has 0 atom stereocenters. The summed E-state index contributed by atoms with van der Waals surface area (Å²) >= 11 is 1.83. The monoisotopic (exact) mass is 476 g/mol. The van der Waals surface area contributed by atoms with Gasteiger partial charge in [0.1, 0.15) is 0 Å². The summed E-state index contributed by atoms with van der Waals surface area (Å²) in [6.07, 6.45) is 3.98. The van der Waals surface area contributed by atoms with Crippen molar-refractivity contribution in [2.75, 3.05) is 0 Å². The second-order valence-corrected chi connectivity index (χ2v) is 11.4. The minimum absolute atomic E-state index is 0.372. The maximum atomic E-state index is 6.36. The predicted molar refractivity (Wildman–Crippen MR) is 147 cm³/mol. The molecule has 0 aliphatic carbocycles. The first-order chi connectivity index (χ1) is 16.8. The van der Waals surface area contributed by atoms with Gasteiger partial charge in [0.05, 0.1) is 38.8 Å². The normalized spacial score (nSPS) is 17.3. The van der Waals surface area contributed by atoms with E-state index in [9.17, 15) is 0 Å². The summed E-state index contributed by atoms with van der Waals surface area (Å²) in [7, 11) is -0.390. The summed E-state index contributed by atoms with van der Waals surface area (Å²) in [5, 5.41) is 4.85. The molecule has 0 saturated carbocycles. The highest BCUT2D eigenvalue weighted by Gasteiger charge is 2.51. The number of pyridine rings is 1. The highest BCUT2D eigenvalue weighted by Crippen LogP contribution is 2.41. The second-order valence-electron chi connectivity index (χ2n) is 10.4. The quantitative estimate of drug-likeness (QED) is 0.257. The average Bonchev–Trinajstić information content (AvgIpc) is 3.45. The van der Waals surface area contributed by atoms with Gasteiger partial charge in [0.2, 0.25) is 0 Å². The minimum atomic E-state index is -0.390. The van der Waals surface area contributed by atoms with Crippen LogP contribution in [0.5, 0.6) is 0 Å². The minimum Gasteiger partial charge on any atom is -0.399 e. The van der Waals surface area contributed by atoms with Crippen molar-refractivity contribution in [3.05, 3.63) is 79.1 Å². The van der Waals surface area contributed by atoms with Gasteiger partial charge in [-0.1, -0.05) is 48.5 Å². The van der Waals surface area contributed by atoms with Crippen LogP contribution in [0.4, 0.5) is 0 Å².